The lowest BCUT2D eigenvalue weighted by molar-refractivity contribution is 0.180. The molecule has 0 heterocycles. The van der Waals surface area contributed by atoms with Crippen LogP contribution in [0.4, 0.5) is 0 Å². The number of hydrogen-bond donors (Lipinski definition) is 2. The summed E-state index contributed by atoms with van der Waals surface area (Å²) < 4.78 is 30.4. The highest BCUT2D eigenvalue weighted by atomic mass is 32.2. The Labute approximate surface area is 81.9 Å². The fourth-order valence-corrected chi connectivity index (χ4v) is 2.26. The third-order valence-corrected chi connectivity index (χ3v) is 3.31. The number of aryl methyl sites for hydroxylation is 1. The van der Waals surface area contributed by atoms with Gasteiger partial charge in [-0.15, -0.1) is 0 Å². The first-order valence-electron chi connectivity index (χ1n) is 4.27. The van der Waals surface area contributed by atoms with Crippen molar-refractivity contribution in [3.8, 4) is 0 Å². The van der Waals surface area contributed by atoms with Crippen molar-refractivity contribution in [1.82, 2.24) is 0 Å². The number of aliphatic hydroxyl groups is 1. The van der Waals surface area contributed by atoms with Gasteiger partial charge >= 0.3 is 0 Å². The highest BCUT2D eigenvalue weighted by molar-refractivity contribution is 7.85. The maximum atomic E-state index is 10.8. The molecule has 0 fully saturated rings. The maximum absolute atomic E-state index is 10.8. The molecule has 1 aliphatic carbocycles. The fourth-order valence-electron chi connectivity index (χ4n) is 1.73. The zero-order valence-corrected chi connectivity index (χ0v) is 8.16. The van der Waals surface area contributed by atoms with Gasteiger partial charge in [0.1, 0.15) is 0 Å². The van der Waals surface area contributed by atoms with Crippen molar-refractivity contribution in [3.63, 3.8) is 0 Å². The second kappa shape index (κ2) is 3.05. The van der Waals surface area contributed by atoms with E-state index in [0.29, 0.717) is 12.8 Å². The highest BCUT2D eigenvalue weighted by Gasteiger charge is 2.22. The highest BCUT2D eigenvalue weighted by Crippen LogP contribution is 2.32. The molecule has 4 nitrogen and oxygen atoms in total. The van der Waals surface area contributed by atoms with E-state index in [2.05, 4.69) is 0 Å². The molecule has 1 aliphatic rings. The summed E-state index contributed by atoms with van der Waals surface area (Å²) in [5, 5.41) is 9.46. The van der Waals surface area contributed by atoms with Gasteiger partial charge in [0.05, 0.1) is 11.0 Å². The first-order valence-corrected chi connectivity index (χ1v) is 5.71. The molecule has 76 valence electrons. The molecule has 5 heteroatoms. The van der Waals surface area contributed by atoms with Gasteiger partial charge in [-0.05, 0) is 36.1 Å². The van der Waals surface area contributed by atoms with Crippen molar-refractivity contribution in [3.05, 3.63) is 29.3 Å². The van der Waals surface area contributed by atoms with E-state index in [1.54, 1.807) is 6.07 Å². The smallest absolute Gasteiger partial charge is 0.294 e. The molecule has 2 rings (SSSR count). The minimum atomic E-state index is -4.12. The van der Waals surface area contributed by atoms with E-state index in [-0.39, 0.29) is 4.90 Å². The van der Waals surface area contributed by atoms with Crippen LogP contribution in [-0.4, -0.2) is 18.1 Å². The van der Waals surface area contributed by atoms with Crippen LogP contribution in [0.3, 0.4) is 0 Å². The molecule has 1 unspecified atom stereocenters. The largest absolute Gasteiger partial charge is 0.388 e. The molecule has 0 radical (unpaired) electrons. The lowest BCUT2D eigenvalue weighted by Crippen LogP contribution is -1.99. The van der Waals surface area contributed by atoms with Crippen LogP contribution < -0.4 is 0 Å². The van der Waals surface area contributed by atoms with Gasteiger partial charge in [-0.25, -0.2) is 0 Å². The molecule has 1 aromatic rings. The summed E-state index contributed by atoms with van der Waals surface area (Å²) >= 11 is 0. The first-order chi connectivity index (χ1) is 6.48. The molecule has 0 bridgehead atoms. The lowest BCUT2D eigenvalue weighted by atomic mass is 10.1. The number of fused-ring (bicyclic) bond motifs is 1. The Morgan fingerprint density at radius 1 is 1.36 bits per heavy atom. The summed E-state index contributed by atoms with van der Waals surface area (Å²) in [5.74, 6) is 0. The summed E-state index contributed by atoms with van der Waals surface area (Å²) in [5.41, 5.74) is 1.56. The van der Waals surface area contributed by atoms with Crippen LogP contribution in [0, 0.1) is 0 Å². The number of rotatable bonds is 1. The van der Waals surface area contributed by atoms with Crippen molar-refractivity contribution in [2.75, 3.05) is 0 Å². The molecule has 2 N–H and O–H groups in total. The van der Waals surface area contributed by atoms with Crippen LogP contribution >= 0.6 is 0 Å². The van der Waals surface area contributed by atoms with Crippen LogP contribution in [-0.2, 0) is 16.5 Å². The van der Waals surface area contributed by atoms with Gasteiger partial charge in [0.2, 0.25) is 0 Å². The predicted molar refractivity (Wildman–Crippen MR) is 49.5 cm³/mol. The standard InChI is InChI=1S/C9H10O4S/c10-9-4-1-6-5-7(14(11,12)13)2-3-8(6)9/h2-3,5,9-10H,1,4H2,(H,11,12,13). The SMILES string of the molecule is O=S(=O)(O)c1ccc2c(c1)CCC2O. The molecular formula is C9H10O4S. The normalized spacial score (nSPS) is 20.9. The summed E-state index contributed by atoms with van der Waals surface area (Å²) in [6, 6.07) is 4.28. The minimum absolute atomic E-state index is 0.106. The van der Waals surface area contributed by atoms with Crippen molar-refractivity contribution < 1.29 is 18.1 Å². The van der Waals surface area contributed by atoms with Gasteiger partial charge in [-0.3, -0.25) is 4.55 Å². The molecule has 0 saturated carbocycles. The maximum Gasteiger partial charge on any atom is 0.294 e. The second-order valence-corrected chi connectivity index (χ2v) is 4.81. The van der Waals surface area contributed by atoms with Crippen molar-refractivity contribution in [1.29, 1.82) is 0 Å². The predicted octanol–water partition coefficient (Wildman–Crippen LogP) is 0.913. The third kappa shape index (κ3) is 1.54. The van der Waals surface area contributed by atoms with Gasteiger partial charge in [-0.2, -0.15) is 8.42 Å². The van der Waals surface area contributed by atoms with Crippen molar-refractivity contribution in [2.24, 2.45) is 0 Å². The molecule has 0 aliphatic heterocycles. The van der Waals surface area contributed by atoms with Gasteiger partial charge in [0.25, 0.3) is 10.1 Å². The number of benzene rings is 1. The van der Waals surface area contributed by atoms with Gasteiger partial charge in [0.15, 0.2) is 0 Å². The van der Waals surface area contributed by atoms with Crippen LogP contribution in [0.1, 0.15) is 23.7 Å². The molecule has 0 spiro atoms. The molecular weight excluding hydrogens is 204 g/mol. The number of aliphatic hydroxyl groups excluding tert-OH is 1. The van der Waals surface area contributed by atoms with Crippen LogP contribution in [0.15, 0.2) is 23.1 Å². The van der Waals surface area contributed by atoms with Gasteiger partial charge < -0.3 is 5.11 Å². The van der Waals surface area contributed by atoms with Crippen LogP contribution in [0.2, 0.25) is 0 Å². The topological polar surface area (TPSA) is 74.6 Å². The Morgan fingerprint density at radius 3 is 2.71 bits per heavy atom. The van der Waals surface area contributed by atoms with E-state index in [9.17, 15) is 13.5 Å². The Kier molecular flexibility index (Phi) is 2.10. The lowest BCUT2D eigenvalue weighted by Gasteiger charge is -2.04. The Bertz CT molecular complexity index is 464. The minimum Gasteiger partial charge on any atom is -0.388 e. The summed E-state index contributed by atoms with van der Waals surface area (Å²) in [6.07, 6.45) is 0.768. The number of hydrogen-bond acceptors (Lipinski definition) is 3. The third-order valence-electron chi connectivity index (χ3n) is 2.46. The second-order valence-electron chi connectivity index (χ2n) is 3.39. The molecule has 0 amide bonds. The molecule has 0 saturated heterocycles. The van der Waals surface area contributed by atoms with E-state index in [1.165, 1.54) is 12.1 Å². The summed E-state index contributed by atoms with van der Waals surface area (Å²) in [6.45, 7) is 0. The Morgan fingerprint density at radius 2 is 2.07 bits per heavy atom. The first kappa shape index (κ1) is 9.64. The van der Waals surface area contributed by atoms with Gasteiger partial charge in [0, 0.05) is 0 Å². The zero-order valence-electron chi connectivity index (χ0n) is 7.34. The molecule has 14 heavy (non-hydrogen) atoms. The zero-order chi connectivity index (χ0) is 10.3. The van der Waals surface area contributed by atoms with E-state index < -0.39 is 16.2 Å². The van der Waals surface area contributed by atoms with Crippen LogP contribution in [0.25, 0.3) is 0 Å². The monoisotopic (exact) mass is 214 g/mol. The summed E-state index contributed by atoms with van der Waals surface area (Å²) in [7, 11) is -4.12. The summed E-state index contributed by atoms with van der Waals surface area (Å²) in [4.78, 5) is -0.106. The Balaban J connectivity index is 2.53. The van der Waals surface area contributed by atoms with E-state index in [0.717, 1.165) is 11.1 Å². The van der Waals surface area contributed by atoms with Crippen molar-refractivity contribution >= 4 is 10.1 Å². The fraction of sp³-hybridized carbons (Fsp3) is 0.333. The quantitative estimate of drug-likeness (QED) is 0.681. The van der Waals surface area contributed by atoms with Crippen molar-refractivity contribution in [2.45, 2.75) is 23.8 Å². The van der Waals surface area contributed by atoms with E-state index in [4.69, 9.17) is 4.55 Å². The van der Waals surface area contributed by atoms with Crippen LogP contribution in [0.5, 0.6) is 0 Å². The molecule has 0 aromatic heterocycles. The molecule has 1 atom stereocenters. The van der Waals surface area contributed by atoms with E-state index >= 15 is 0 Å². The van der Waals surface area contributed by atoms with Gasteiger partial charge in [-0.1, -0.05) is 6.07 Å². The Hall–Kier alpha value is -0.910. The molecule has 1 aromatic carbocycles. The van der Waals surface area contributed by atoms with E-state index in [1.807, 2.05) is 0 Å². The average molecular weight is 214 g/mol. The average Bonchev–Trinajstić information content (AvgIpc) is 2.46.